The first-order valence-electron chi connectivity index (χ1n) is 7.93. The van der Waals surface area contributed by atoms with E-state index in [0.717, 1.165) is 51.3 Å². The molecule has 4 rings (SSSR count). The van der Waals surface area contributed by atoms with E-state index in [-0.39, 0.29) is 11.3 Å². The maximum atomic E-state index is 12.2. The van der Waals surface area contributed by atoms with Crippen molar-refractivity contribution < 1.29 is 9.53 Å². The maximum Gasteiger partial charge on any atom is 0.223 e. The number of piperidine rings is 1. The van der Waals surface area contributed by atoms with E-state index in [4.69, 9.17) is 4.74 Å². The predicted octanol–water partition coefficient (Wildman–Crippen LogP) is 1.49. The molecule has 0 aromatic carbocycles. The van der Waals surface area contributed by atoms with E-state index in [1.807, 2.05) is 11.1 Å². The van der Waals surface area contributed by atoms with E-state index < -0.39 is 0 Å². The van der Waals surface area contributed by atoms with E-state index in [1.54, 1.807) is 0 Å². The minimum Gasteiger partial charge on any atom is -0.381 e. The molecule has 2 saturated heterocycles. The Bertz CT molecular complexity index is 567. The van der Waals surface area contributed by atoms with Crippen molar-refractivity contribution in [3.05, 3.63) is 23.3 Å². The zero-order valence-corrected chi connectivity index (χ0v) is 12.3. The van der Waals surface area contributed by atoms with E-state index in [0.29, 0.717) is 13.0 Å². The molecule has 5 nitrogen and oxygen atoms in total. The van der Waals surface area contributed by atoms with Crippen molar-refractivity contribution in [2.24, 2.45) is 5.41 Å². The van der Waals surface area contributed by atoms with Crippen LogP contribution in [0.4, 0.5) is 0 Å². The van der Waals surface area contributed by atoms with Gasteiger partial charge in [-0.2, -0.15) is 0 Å². The van der Waals surface area contributed by atoms with Gasteiger partial charge in [-0.3, -0.25) is 4.79 Å². The van der Waals surface area contributed by atoms with Crippen molar-refractivity contribution in [3.8, 4) is 0 Å². The number of hydrogen-bond acceptors (Lipinski definition) is 4. The van der Waals surface area contributed by atoms with Gasteiger partial charge in [-0.15, -0.1) is 0 Å². The highest BCUT2D eigenvalue weighted by molar-refractivity contribution is 5.77. The molecule has 1 aromatic heterocycles. The van der Waals surface area contributed by atoms with Crippen LogP contribution in [0.15, 0.2) is 6.20 Å². The summed E-state index contributed by atoms with van der Waals surface area (Å²) in [6.07, 6.45) is 7.95. The lowest BCUT2D eigenvalue weighted by Crippen LogP contribution is -2.46. The Labute approximate surface area is 124 Å². The fraction of sp³-hybridized carbons (Fsp3) is 0.688. The molecule has 2 fully saturated rings. The third kappa shape index (κ3) is 2.44. The number of rotatable bonds is 2. The number of fused-ring (bicyclic) bond motifs is 1. The summed E-state index contributed by atoms with van der Waals surface area (Å²) in [4.78, 5) is 23.3. The van der Waals surface area contributed by atoms with Gasteiger partial charge in [-0.1, -0.05) is 0 Å². The van der Waals surface area contributed by atoms with Crippen LogP contribution in [-0.4, -0.2) is 40.5 Å². The summed E-state index contributed by atoms with van der Waals surface area (Å²) >= 11 is 0. The highest BCUT2D eigenvalue weighted by Crippen LogP contribution is 2.38. The summed E-state index contributed by atoms with van der Waals surface area (Å²) < 4.78 is 5.56. The Morgan fingerprint density at radius 2 is 2.24 bits per heavy atom. The molecule has 21 heavy (non-hydrogen) atoms. The van der Waals surface area contributed by atoms with Crippen molar-refractivity contribution in [2.45, 2.75) is 45.1 Å². The van der Waals surface area contributed by atoms with Crippen LogP contribution in [-0.2, 0) is 28.9 Å². The molecule has 0 radical (unpaired) electrons. The Balaban J connectivity index is 1.51. The first kappa shape index (κ1) is 13.2. The summed E-state index contributed by atoms with van der Waals surface area (Å²) in [6, 6.07) is 0. The fourth-order valence-electron chi connectivity index (χ4n) is 3.82. The second kappa shape index (κ2) is 5.05. The molecule has 2 aliphatic heterocycles. The van der Waals surface area contributed by atoms with Gasteiger partial charge >= 0.3 is 0 Å². The van der Waals surface area contributed by atoms with Crippen molar-refractivity contribution in [1.82, 2.24) is 14.9 Å². The van der Waals surface area contributed by atoms with Crippen molar-refractivity contribution >= 4 is 5.91 Å². The zero-order valence-electron chi connectivity index (χ0n) is 12.3. The SMILES string of the molecule is O=C1CCC2(CCOC2)CN1Cc1ncc2c(n1)CCC2. The van der Waals surface area contributed by atoms with Crippen molar-refractivity contribution in [1.29, 1.82) is 0 Å². The van der Waals surface area contributed by atoms with Crippen LogP contribution in [0.25, 0.3) is 0 Å². The molecule has 3 heterocycles. The number of likely N-dealkylation sites (tertiary alicyclic amines) is 1. The molecule has 1 atom stereocenters. The molecule has 0 N–H and O–H groups in total. The smallest absolute Gasteiger partial charge is 0.223 e. The van der Waals surface area contributed by atoms with Gasteiger partial charge in [-0.25, -0.2) is 9.97 Å². The molecule has 1 unspecified atom stereocenters. The summed E-state index contributed by atoms with van der Waals surface area (Å²) in [5.41, 5.74) is 2.65. The number of nitrogens with zero attached hydrogens (tertiary/aromatic N) is 3. The van der Waals surface area contributed by atoms with E-state index >= 15 is 0 Å². The Morgan fingerprint density at radius 1 is 1.29 bits per heavy atom. The van der Waals surface area contributed by atoms with Gasteiger partial charge in [0, 0.05) is 36.9 Å². The Hall–Kier alpha value is -1.49. The van der Waals surface area contributed by atoms with Crippen LogP contribution in [0, 0.1) is 5.41 Å². The molecular weight excluding hydrogens is 266 g/mol. The number of carbonyl (C=O) groups is 1. The minimum absolute atomic E-state index is 0.185. The van der Waals surface area contributed by atoms with Gasteiger partial charge in [0.05, 0.1) is 13.2 Å². The third-order valence-electron chi connectivity index (χ3n) is 5.13. The predicted molar refractivity (Wildman–Crippen MR) is 76.6 cm³/mol. The van der Waals surface area contributed by atoms with Crippen molar-refractivity contribution in [2.75, 3.05) is 19.8 Å². The maximum absolute atomic E-state index is 12.2. The second-order valence-corrected chi connectivity index (χ2v) is 6.66. The third-order valence-corrected chi connectivity index (χ3v) is 5.13. The van der Waals surface area contributed by atoms with Crippen LogP contribution in [0.1, 0.15) is 42.8 Å². The normalized spacial score (nSPS) is 28.4. The molecule has 0 saturated carbocycles. The molecule has 1 amide bonds. The van der Waals surface area contributed by atoms with Gasteiger partial charge < -0.3 is 9.64 Å². The topological polar surface area (TPSA) is 55.3 Å². The van der Waals surface area contributed by atoms with E-state index in [2.05, 4.69) is 9.97 Å². The summed E-state index contributed by atoms with van der Waals surface area (Å²) in [7, 11) is 0. The Morgan fingerprint density at radius 3 is 3.10 bits per heavy atom. The molecular formula is C16H21N3O2. The van der Waals surface area contributed by atoms with Crippen molar-refractivity contribution in [3.63, 3.8) is 0 Å². The number of ether oxygens (including phenoxy) is 1. The molecule has 112 valence electrons. The van der Waals surface area contributed by atoms with E-state index in [9.17, 15) is 4.79 Å². The molecule has 1 aliphatic carbocycles. The van der Waals surface area contributed by atoms with Gasteiger partial charge in [0.2, 0.25) is 5.91 Å². The van der Waals surface area contributed by atoms with Gasteiger partial charge in [0.1, 0.15) is 5.82 Å². The number of carbonyl (C=O) groups excluding carboxylic acids is 1. The lowest BCUT2D eigenvalue weighted by atomic mass is 9.79. The van der Waals surface area contributed by atoms with E-state index in [1.165, 1.54) is 17.7 Å². The standard InChI is InChI=1S/C16H21N3O2/c20-15-4-5-16(6-7-21-11-16)10-19(15)9-14-17-8-12-2-1-3-13(12)18-14/h8H,1-7,9-11H2. The number of aryl methyl sites for hydroxylation is 2. The minimum atomic E-state index is 0.185. The van der Waals surface area contributed by atoms with Crippen LogP contribution < -0.4 is 0 Å². The van der Waals surface area contributed by atoms with Crippen LogP contribution in [0.3, 0.4) is 0 Å². The van der Waals surface area contributed by atoms with Gasteiger partial charge in [-0.05, 0) is 37.7 Å². The first-order chi connectivity index (χ1) is 10.2. The zero-order chi connectivity index (χ0) is 14.3. The fourth-order valence-corrected chi connectivity index (χ4v) is 3.82. The highest BCUT2D eigenvalue weighted by Gasteiger charge is 2.41. The monoisotopic (exact) mass is 287 g/mol. The van der Waals surface area contributed by atoms with Crippen LogP contribution in [0.2, 0.25) is 0 Å². The number of hydrogen-bond donors (Lipinski definition) is 0. The first-order valence-corrected chi connectivity index (χ1v) is 7.93. The summed E-state index contributed by atoms with van der Waals surface area (Å²) in [6.45, 7) is 2.97. The molecule has 0 bridgehead atoms. The molecule has 1 spiro atoms. The average Bonchev–Trinajstić information content (AvgIpc) is 3.12. The summed E-state index contributed by atoms with van der Waals surface area (Å²) in [5.74, 6) is 1.02. The molecule has 1 aromatic rings. The number of amides is 1. The van der Waals surface area contributed by atoms with Gasteiger partial charge in [0.25, 0.3) is 0 Å². The Kier molecular flexibility index (Phi) is 3.17. The van der Waals surface area contributed by atoms with Gasteiger partial charge in [0.15, 0.2) is 0 Å². The molecule has 3 aliphatic rings. The number of aromatic nitrogens is 2. The highest BCUT2D eigenvalue weighted by atomic mass is 16.5. The second-order valence-electron chi connectivity index (χ2n) is 6.66. The van der Waals surface area contributed by atoms with Crippen LogP contribution >= 0.6 is 0 Å². The lowest BCUT2D eigenvalue weighted by Gasteiger charge is -2.38. The summed E-state index contributed by atoms with van der Waals surface area (Å²) in [5, 5.41) is 0. The van der Waals surface area contributed by atoms with Crippen LogP contribution in [0.5, 0.6) is 0 Å². The average molecular weight is 287 g/mol. The largest absolute Gasteiger partial charge is 0.381 e. The quantitative estimate of drug-likeness (QED) is 0.827. The lowest BCUT2D eigenvalue weighted by molar-refractivity contribution is -0.138. The molecule has 5 heteroatoms.